The number of pyridine rings is 1. The summed E-state index contributed by atoms with van der Waals surface area (Å²) in [5.41, 5.74) is 1.00. The summed E-state index contributed by atoms with van der Waals surface area (Å²) < 4.78 is 0. The van der Waals surface area contributed by atoms with Crippen LogP contribution in [-0.4, -0.2) is 16.7 Å². The van der Waals surface area contributed by atoms with Crippen LogP contribution < -0.4 is 4.90 Å². The lowest BCUT2D eigenvalue weighted by Crippen LogP contribution is -2.29. The van der Waals surface area contributed by atoms with E-state index in [0.29, 0.717) is 16.4 Å². The van der Waals surface area contributed by atoms with Gasteiger partial charge in [0.05, 0.1) is 33.5 Å². The first-order valence-corrected chi connectivity index (χ1v) is 7.07. The van der Waals surface area contributed by atoms with Gasteiger partial charge in [-0.1, -0.05) is 34.8 Å². The van der Waals surface area contributed by atoms with E-state index < -0.39 is 11.7 Å². The molecule has 4 nitrogen and oxygen atoms in total. The van der Waals surface area contributed by atoms with Crippen LogP contribution in [0.25, 0.3) is 0 Å². The Hall–Kier alpha value is -1.62. The number of carbonyl (C=O) groups excluding carboxylic acids is 2. The molecule has 1 aromatic carbocycles. The van der Waals surface area contributed by atoms with Gasteiger partial charge in [0.1, 0.15) is 0 Å². The molecule has 0 N–H and O–H groups in total. The van der Waals surface area contributed by atoms with Gasteiger partial charge >= 0.3 is 0 Å². The van der Waals surface area contributed by atoms with Gasteiger partial charge in [-0.05, 0) is 24.3 Å². The average Bonchev–Trinajstić information content (AvgIpc) is 2.69. The number of rotatable bonds is 2. The van der Waals surface area contributed by atoms with Gasteiger partial charge < -0.3 is 0 Å². The molecular formula is C14H7Cl3N2O2. The SMILES string of the molecule is O=C1C(=O)N(Cc2cc(Cl)ccn2)c2c(Cl)ccc(Cl)c21. The van der Waals surface area contributed by atoms with Crippen molar-refractivity contribution in [2.24, 2.45) is 0 Å². The number of hydrogen-bond acceptors (Lipinski definition) is 3. The fourth-order valence-electron chi connectivity index (χ4n) is 2.20. The van der Waals surface area contributed by atoms with Crippen molar-refractivity contribution in [2.45, 2.75) is 6.54 Å². The lowest BCUT2D eigenvalue weighted by molar-refractivity contribution is -0.114. The molecule has 7 heteroatoms. The number of benzene rings is 1. The first kappa shape index (κ1) is 14.3. The smallest absolute Gasteiger partial charge is 0.297 e. The molecule has 21 heavy (non-hydrogen) atoms. The Bertz CT molecular complexity index is 777. The fraction of sp³-hybridized carbons (Fsp3) is 0.0714. The summed E-state index contributed by atoms with van der Waals surface area (Å²) in [4.78, 5) is 29.6. The third kappa shape index (κ3) is 2.39. The fourth-order valence-corrected chi connectivity index (χ4v) is 2.88. The van der Waals surface area contributed by atoms with Crippen LogP contribution in [0, 0.1) is 0 Å². The zero-order chi connectivity index (χ0) is 15.1. The van der Waals surface area contributed by atoms with Crippen LogP contribution >= 0.6 is 34.8 Å². The third-order valence-electron chi connectivity index (χ3n) is 3.11. The summed E-state index contributed by atoms with van der Waals surface area (Å²) in [5.74, 6) is -1.35. The van der Waals surface area contributed by atoms with E-state index in [-0.39, 0.29) is 22.2 Å². The molecule has 1 amide bonds. The van der Waals surface area contributed by atoms with Crippen LogP contribution in [0.4, 0.5) is 5.69 Å². The van der Waals surface area contributed by atoms with Crippen LogP contribution in [0.1, 0.15) is 16.1 Å². The first-order chi connectivity index (χ1) is 9.99. The van der Waals surface area contributed by atoms with Gasteiger partial charge in [0.25, 0.3) is 11.7 Å². The zero-order valence-electron chi connectivity index (χ0n) is 10.4. The van der Waals surface area contributed by atoms with Crippen LogP contribution in [-0.2, 0) is 11.3 Å². The quantitative estimate of drug-likeness (QED) is 0.781. The van der Waals surface area contributed by atoms with Gasteiger partial charge in [-0.25, -0.2) is 0 Å². The molecule has 1 aromatic heterocycles. The van der Waals surface area contributed by atoms with Crippen LogP contribution in [0.2, 0.25) is 15.1 Å². The summed E-state index contributed by atoms with van der Waals surface area (Å²) in [5, 5.41) is 0.986. The van der Waals surface area contributed by atoms with Crippen molar-refractivity contribution < 1.29 is 9.59 Å². The number of amides is 1. The molecular weight excluding hydrogens is 335 g/mol. The maximum Gasteiger partial charge on any atom is 0.299 e. The molecule has 0 fully saturated rings. The van der Waals surface area contributed by atoms with Crippen molar-refractivity contribution in [3.63, 3.8) is 0 Å². The number of fused-ring (bicyclic) bond motifs is 1. The molecule has 0 saturated carbocycles. The van der Waals surface area contributed by atoms with Crippen molar-refractivity contribution in [3.8, 4) is 0 Å². The van der Waals surface area contributed by atoms with Gasteiger partial charge in [0, 0.05) is 11.2 Å². The second-order valence-corrected chi connectivity index (χ2v) is 5.69. The summed E-state index contributed by atoms with van der Waals surface area (Å²) in [7, 11) is 0. The molecule has 0 saturated heterocycles. The van der Waals surface area contributed by atoms with Gasteiger partial charge in [-0.2, -0.15) is 0 Å². The Kier molecular flexibility index (Phi) is 3.61. The third-order valence-corrected chi connectivity index (χ3v) is 3.97. The summed E-state index contributed by atoms with van der Waals surface area (Å²) in [6.45, 7) is 0.0954. The van der Waals surface area contributed by atoms with E-state index >= 15 is 0 Å². The summed E-state index contributed by atoms with van der Waals surface area (Å²) >= 11 is 18.0. The van der Waals surface area contributed by atoms with Crippen molar-refractivity contribution in [2.75, 3.05) is 4.90 Å². The molecule has 0 bridgehead atoms. The maximum atomic E-state index is 12.2. The number of Topliss-reactive ketones (excluding diaryl/α,β-unsaturated/α-hetero) is 1. The second-order valence-electron chi connectivity index (χ2n) is 4.44. The molecule has 106 valence electrons. The van der Waals surface area contributed by atoms with E-state index in [9.17, 15) is 9.59 Å². The lowest BCUT2D eigenvalue weighted by Gasteiger charge is -2.17. The van der Waals surface area contributed by atoms with Crippen LogP contribution in [0.5, 0.6) is 0 Å². The molecule has 0 spiro atoms. The Morgan fingerprint density at radius 2 is 1.76 bits per heavy atom. The van der Waals surface area contributed by atoms with E-state index in [1.165, 1.54) is 17.2 Å². The Balaban J connectivity index is 2.08. The number of hydrogen-bond donors (Lipinski definition) is 0. The van der Waals surface area contributed by atoms with Crippen LogP contribution in [0.15, 0.2) is 30.5 Å². The minimum atomic E-state index is -0.679. The maximum absolute atomic E-state index is 12.2. The molecule has 3 rings (SSSR count). The predicted molar refractivity (Wildman–Crippen MR) is 81.2 cm³/mol. The number of ketones is 1. The molecule has 2 aromatic rings. The highest BCUT2D eigenvalue weighted by molar-refractivity contribution is 6.56. The Labute approximate surface area is 135 Å². The van der Waals surface area contributed by atoms with E-state index in [1.54, 1.807) is 18.2 Å². The standard InChI is InChI=1S/C14H7Cl3N2O2/c15-7-3-4-18-8(5-7)6-19-12-10(17)2-1-9(16)11(12)13(20)14(19)21/h1-5H,6H2. The highest BCUT2D eigenvalue weighted by Crippen LogP contribution is 2.40. The minimum absolute atomic E-state index is 0.0954. The molecule has 0 radical (unpaired) electrons. The predicted octanol–water partition coefficient (Wildman–Crippen LogP) is 3.77. The summed E-state index contributed by atoms with van der Waals surface area (Å²) in [6, 6.07) is 6.29. The van der Waals surface area contributed by atoms with Gasteiger partial charge in [0.15, 0.2) is 0 Å². The van der Waals surface area contributed by atoms with E-state index in [1.807, 2.05) is 0 Å². The van der Waals surface area contributed by atoms with Crippen molar-refractivity contribution in [1.29, 1.82) is 0 Å². The molecule has 1 aliphatic heterocycles. The van der Waals surface area contributed by atoms with Gasteiger partial charge in [0.2, 0.25) is 0 Å². The number of carbonyl (C=O) groups is 2. The Morgan fingerprint density at radius 3 is 2.48 bits per heavy atom. The normalized spacial score (nSPS) is 13.8. The summed E-state index contributed by atoms with van der Waals surface area (Å²) in [6.07, 6.45) is 1.53. The molecule has 1 aliphatic rings. The Morgan fingerprint density at radius 1 is 1.05 bits per heavy atom. The molecule has 0 unspecified atom stereocenters. The number of nitrogens with zero attached hydrogens (tertiary/aromatic N) is 2. The topological polar surface area (TPSA) is 50.3 Å². The highest BCUT2D eigenvalue weighted by Gasteiger charge is 2.39. The monoisotopic (exact) mass is 340 g/mol. The second kappa shape index (κ2) is 5.30. The molecule has 0 atom stereocenters. The van der Waals surface area contributed by atoms with Crippen LogP contribution in [0.3, 0.4) is 0 Å². The number of halogens is 3. The van der Waals surface area contributed by atoms with Crippen molar-refractivity contribution in [1.82, 2.24) is 4.98 Å². The largest absolute Gasteiger partial charge is 0.299 e. The van der Waals surface area contributed by atoms with Gasteiger partial charge in [-0.3, -0.25) is 19.5 Å². The zero-order valence-corrected chi connectivity index (χ0v) is 12.7. The van der Waals surface area contributed by atoms with E-state index in [2.05, 4.69) is 4.98 Å². The lowest BCUT2D eigenvalue weighted by atomic mass is 10.1. The highest BCUT2D eigenvalue weighted by atomic mass is 35.5. The van der Waals surface area contributed by atoms with E-state index in [0.717, 1.165) is 0 Å². The molecule has 2 heterocycles. The minimum Gasteiger partial charge on any atom is -0.297 e. The number of anilines is 1. The van der Waals surface area contributed by atoms with Crippen molar-refractivity contribution in [3.05, 3.63) is 56.8 Å². The van der Waals surface area contributed by atoms with E-state index in [4.69, 9.17) is 34.8 Å². The number of aromatic nitrogens is 1. The van der Waals surface area contributed by atoms with Gasteiger partial charge in [-0.15, -0.1) is 0 Å². The molecule has 0 aliphatic carbocycles. The first-order valence-electron chi connectivity index (χ1n) is 5.93. The average molecular weight is 342 g/mol. The van der Waals surface area contributed by atoms with Crippen molar-refractivity contribution >= 4 is 52.2 Å².